The van der Waals surface area contributed by atoms with Gasteiger partial charge in [-0.05, 0) is 106 Å². The lowest BCUT2D eigenvalue weighted by molar-refractivity contribution is -0.122. The van der Waals surface area contributed by atoms with Gasteiger partial charge in [0.05, 0.1) is 12.2 Å². The quantitative estimate of drug-likeness (QED) is 0.536. The van der Waals surface area contributed by atoms with Crippen molar-refractivity contribution in [2.75, 3.05) is 18.5 Å². The van der Waals surface area contributed by atoms with Crippen molar-refractivity contribution in [1.29, 1.82) is 0 Å². The van der Waals surface area contributed by atoms with Crippen LogP contribution in [0.2, 0.25) is 0 Å². The smallest absolute Gasteiger partial charge is 0.290 e. The van der Waals surface area contributed by atoms with Crippen LogP contribution in [0.1, 0.15) is 61.9 Å². The average Bonchev–Trinajstić information content (AvgIpc) is 3.17. The van der Waals surface area contributed by atoms with E-state index in [9.17, 15) is 4.39 Å². The second-order valence-electron chi connectivity index (χ2n) is 9.17. The van der Waals surface area contributed by atoms with Crippen LogP contribution in [-0.2, 0) is 24.1 Å². The average molecular weight is 446 g/mol. The van der Waals surface area contributed by atoms with Crippen LogP contribution in [0, 0.1) is 19.7 Å². The van der Waals surface area contributed by atoms with Crippen molar-refractivity contribution >= 4 is 12.2 Å². The molecule has 0 saturated carbocycles. The van der Waals surface area contributed by atoms with Gasteiger partial charge in [0, 0.05) is 17.8 Å². The van der Waals surface area contributed by atoms with Crippen LogP contribution in [0.15, 0.2) is 12.1 Å². The van der Waals surface area contributed by atoms with Crippen molar-refractivity contribution < 1.29 is 24.1 Å². The Balaban J connectivity index is 0.000000395. The summed E-state index contributed by atoms with van der Waals surface area (Å²) in [5, 5.41) is 18.9. The van der Waals surface area contributed by atoms with E-state index < -0.39 is 5.60 Å². The summed E-state index contributed by atoms with van der Waals surface area (Å²) in [6, 6.07) is 3.95. The number of carboxylic acid groups (broad SMARTS) is 1. The van der Waals surface area contributed by atoms with E-state index in [1.165, 1.54) is 33.5 Å². The molecule has 32 heavy (non-hydrogen) atoms. The van der Waals surface area contributed by atoms with Crippen LogP contribution in [0.25, 0.3) is 11.1 Å². The Labute approximate surface area is 190 Å². The van der Waals surface area contributed by atoms with E-state index in [0.717, 1.165) is 43.4 Å². The van der Waals surface area contributed by atoms with E-state index in [1.54, 1.807) is 26.8 Å². The second-order valence-corrected chi connectivity index (χ2v) is 9.17. The standard InChI is InChI=1S/C21H24FNO.C4H10O.CH2O2/c1-4-14-12(2)10-19-16(7-8-23-19)20(14)17-11-18(22)21-15(13(17)3)6-5-9-24-21;1-4(2,3)5;2-1-3/h10-11,23H,4-9H2,1-3H3;5H,1-3H3;1H,(H,2,3). The van der Waals surface area contributed by atoms with Gasteiger partial charge in [-0.2, -0.15) is 0 Å². The van der Waals surface area contributed by atoms with Crippen LogP contribution in [0.3, 0.4) is 0 Å². The summed E-state index contributed by atoms with van der Waals surface area (Å²) < 4.78 is 20.4. The Hall–Kier alpha value is -2.60. The number of rotatable bonds is 2. The van der Waals surface area contributed by atoms with Crippen molar-refractivity contribution in [3.8, 4) is 16.9 Å². The molecule has 0 bridgehead atoms. The molecule has 0 aliphatic carbocycles. The lowest BCUT2D eigenvalue weighted by Gasteiger charge is -2.24. The Morgan fingerprint density at radius 1 is 1.19 bits per heavy atom. The molecule has 2 aromatic carbocycles. The van der Waals surface area contributed by atoms with Gasteiger partial charge in [-0.3, -0.25) is 4.79 Å². The Bertz CT molecular complexity index is 954. The highest BCUT2D eigenvalue weighted by Crippen LogP contribution is 2.43. The van der Waals surface area contributed by atoms with Crippen molar-refractivity contribution in [1.82, 2.24) is 0 Å². The number of carbonyl (C=O) groups is 1. The van der Waals surface area contributed by atoms with E-state index >= 15 is 0 Å². The van der Waals surface area contributed by atoms with Crippen LogP contribution < -0.4 is 10.1 Å². The van der Waals surface area contributed by atoms with Crippen molar-refractivity contribution in [2.45, 2.75) is 72.8 Å². The number of hydrogen-bond acceptors (Lipinski definition) is 4. The minimum absolute atomic E-state index is 0.214. The van der Waals surface area contributed by atoms with Crippen molar-refractivity contribution in [2.24, 2.45) is 0 Å². The predicted molar refractivity (Wildman–Crippen MR) is 127 cm³/mol. The zero-order chi connectivity index (χ0) is 24.1. The third-order valence-corrected chi connectivity index (χ3v) is 5.52. The minimum Gasteiger partial charge on any atom is -0.490 e. The topological polar surface area (TPSA) is 78.8 Å². The molecular formula is C26H36FNO4. The summed E-state index contributed by atoms with van der Waals surface area (Å²) in [5.41, 5.74) is 9.23. The first-order chi connectivity index (χ1) is 15.0. The molecule has 5 nitrogen and oxygen atoms in total. The zero-order valence-corrected chi connectivity index (χ0v) is 20.1. The summed E-state index contributed by atoms with van der Waals surface area (Å²) in [6.45, 7) is 13.0. The minimum atomic E-state index is -0.500. The fourth-order valence-corrected chi connectivity index (χ4v) is 4.34. The largest absolute Gasteiger partial charge is 0.490 e. The van der Waals surface area contributed by atoms with Crippen LogP contribution in [0.4, 0.5) is 10.1 Å². The maximum Gasteiger partial charge on any atom is 0.290 e. The molecule has 0 amide bonds. The van der Waals surface area contributed by atoms with Crippen molar-refractivity contribution in [3.63, 3.8) is 0 Å². The van der Waals surface area contributed by atoms with Crippen LogP contribution in [0.5, 0.6) is 5.75 Å². The molecular weight excluding hydrogens is 409 g/mol. The first kappa shape index (κ1) is 25.7. The van der Waals surface area contributed by atoms with Gasteiger partial charge in [-0.1, -0.05) is 6.92 Å². The van der Waals surface area contributed by atoms with Gasteiger partial charge < -0.3 is 20.3 Å². The van der Waals surface area contributed by atoms with Gasteiger partial charge in [0.15, 0.2) is 11.6 Å². The molecule has 6 heteroatoms. The molecule has 2 aliphatic heterocycles. The fourth-order valence-electron chi connectivity index (χ4n) is 4.34. The maximum absolute atomic E-state index is 14.7. The summed E-state index contributed by atoms with van der Waals surface area (Å²) in [4.78, 5) is 8.36. The number of benzene rings is 2. The summed E-state index contributed by atoms with van der Waals surface area (Å²) in [7, 11) is 0. The third kappa shape index (κ3) is 6.00. The lowest BCUT2D eigenvalue weighted by Crippen LogP contribution is -2.12. The van der Waals surface area contributed by atoms with Crippen LogP contribution in [-0.4, -0.2) is 35.4 Å². The SMILES string of the molecule is CC(C)(C)O.CCc1c(C)cc2c(c1-c1cc(F)c3c(c1C)CCCO3)CCN2.O=CO. The highest BCUT2D eigenvalue weighted by atomic mass is 19.1. The Kier molecular flexibility index (Phi) is 8.67. The zero-order valence-electron chi connectivity index (χ0n) is 20.1. The van der Waals surface area contributed by atoms with Gasteiger partial charge in [-0.25, -0.2) is 4.39 Å². The first-order valence-electron chi connectivity index (χ1n) is 11.2. The normalized spacial score (nSPS) is 13.9. The number of anilines is 1. The molecule has 3 N–H and O–H groups in total. The Morgan fingerprint density at radius 3 is 2.41 bits per heavy atom. The van der Waals surface area contributed by atoms with E-state index in [4.69, 9.17) is 19.7 Å². The maximum atomic E-state index is 14.7. The summed E-state index contributed by atoms with van der Waals surface area (Å²) >= 11 is 0. The lowest BCUT2D eigenvalue weighted by atomic mass is 9.84. The highest BCUT2D eigenvalue weighted by Gasteiger charge is 2.26. The molecule has 2 aliphatic rings. The number of aliphatic hydroxyl groups is 1. The number of halogens is 1. The van der Waals surface area contributed by atoms with Crippen molar-refractivity contribution in [3.05, 3.63) is 45.8 Å². The Morgan fingerprint density at radius 2 is 1.81 bits per heavy atom. The highest BCUT2D eigenvalue weighted by molar-refractivity contribution is 5.83. The van der Waals surface area contributed by atoms with E-state index in [0.29, 0.717) is 12.4 Å². The molecule has 0 aromatic heterocycles. The van der Waals surface area contributed by atoms with E-state index in [1.807, 2.05) is 0 Å². The molecule has 2 heterocycles. The van der Waals surface area contributed by atoms with E-state index in [-0.39, 0.29) is 12.3 Å². The van der Waals surface area contributed by atoms with Gasteiger partial charge in [-0.15, -0.1) is 0 Å². The van der Waals surface area contributed by atoms with Gasteiger partial charge in [0.2, 0.25) is 0 Å². The predicted octanol–water partition coefficient (Wildman–Crippen LogP) is 5.44. The molecule has 176 valence electrons. The van der Waals surface area contributed by atoms with Gasteiger partial charge >= 0.3 is 0 Å². The molecule has 0 saturated heterocycles. The first-order valence-corrected chi connectivity index (χ1v) is 11.2. The summed E-state index contributed by atoms with van der Waals surface area (Å²) in [6.07, 6.45) is 3.83. The third-order valence-electron chi connectivity index (χ3n) is 5.52. The molecule has 0 fully saturated rings. The second kappa shape index (κ2) is 10.8. The molecule has 0 radical (unpaired) electrons. The fraction of sp³-hybridized carbons (Fsp3) is 0.500. The summed E-state index contributed by atoms with van der Waals surface area (Å²) in [5.74, 6) is 0.261. The molecule has 0 unspecified atom stereocenters. The number of hydrogen-bond donors (Lipinski definition) is 3. The number of nitrogens with one attached hydrogen (secondary N) is 1. The van der Waals surface area contributed by atoms with Crippen LogP contribution >= 0.6 is 0 Å². The number of aryl methyl sites for hydroxylation is 1. The van der Waals surface area contributed by atoms with Gasteiger partial charge in [0.1, 0.15) is 0 Å². The molecule has 4 rings (SSSR count). The number of ether oxygens (including phenoxy) is 1. The van der Waals surface area contributed by atoms with Gasteiger partial charge in [0.25, 0.3) is 6.47 Å². The number of fused-ring (bicyclic) bond motifs is 2. The molecule has 0 atom stereocenters. The molecule has 2 aromatic rings. The molecule has 0 spiro atoms. The van der Waals surface area contributed by atoms with E-state index in [2.05, 4.69) is 32.2 Å². The monoisotopic (exact) mass is 445 g/mol.